The molecule has 0 bridgehead atoms. The first-order chi connectivity index (χ1) is 13.3. The summed E-state index contributed by atoms with van der Waals surface area (Å²) >= 11 is 6.08. The number of benzene rings is 2. The van der Waals surface area contributed by atoms with Crippen LogP contribution in [-0.4, -0.2) is 26.6 Å². The summed E-state index contributed by atoms with van der Waals surface area (Å²) in [7, 11) is -3.71. The number of rotatable bonds is 6. The molecule has 0 unspecified atom stereocenters. The molecule has 7 heteroatoms. The zero-order chi connectivity index (χ0) is 22.1. The van der Waals surface area contributed by atoms with Crippen LogP contribution in [0.25, 0.3) is 0 Å². The van der Waals surface area contributed by atoms with Crippen molar-refractivity contribution in [1.82, 2.24) is 5.32 Å². The first-order valence-corrected chi connectivity index (χ1v) is 11.7. The molecule has 0 heterocycles. The lowest BCUT2D eigenvalue weighted by Crippen LogP contribution is -2.48. The average Bonchev–Trinajstić information content (AvgIpc) is 2.59. The lowest BCUT2D eigenvalue weighted by atomic mass is 9.96. The summed E-state index contributed by atoms with van der Waals surface area (Å²) in [5.41, 5.74) is 5.55. The average molecular weight is 437 g/mol. The molecule has 2 aromatic carbocycles. The normalized spacial score (nSPS) is 13.7. The molecule has 2 aromatic rings. The maximum atomic E-state index is 13.0. The van der Waals surface area contributed by atoms with E-state index in [1.165, 1.54) is 5.56 Å². The standard InChI is InChI=1S/C22H29ClN2O3S/c1-13-8-9-19(23)12-21(13)25(29(7,27)28)18(6)22(26)24-17(5)20-11-15(3)14(2)10-16(20)4/h8-12,17-18H,1-7H3,(H,24,26)/t17-,18-/m1/s1. The van der Waals surface area contributed by atoms with Gasteiger partial charge in [0, 0.05) is 5.02 Å². The van der Waals surface area contributed by atoms with E-state index in [0.717, 1.165) is 32.8 Å². The number of nitrogens with zero attached hydrogens (tertiary/aromatic N) is 1. The molecular formula is C22H29ClN2O3S. The second kappa shape index (κ2) is 8.76. The predicted molar refractivity (Wildman–Crippen MR) is 120 cm³/mol. The largest absolute Gasteiger partial charge is 0.348 e. The van der Waals surface area contributed by atoms with Crippen LogP contribution in [0.4, 0.5) is 5.69 Å². The van der Waals surface area contributed by atoms with Crippen molar-refractivity contribution < 1.29 is 13.2 Å². The van der Waals surface area contributed by atoms with Crippen LogP contribution in [0.3, 0.4) is 0 Å². The summed E-state index contributed by atoms with van der Waals surface area (Å²) in [4.78, 5) is 13.0. The Hall–Kier alpha value is -2.05. The number of sulfonamides is 1. The Kier molecular flexibility index (Phi) is 7.01. The molecule has 1 N–H and O–H groups in total. The highest BCUT2D eigenvalue weighted by Crippen LogP contribution is 2.29. The molecule has 0 aliphatic heterocycles. The third-order valence-corrected chi connectivity index (χ3v) is 6.67. The molecule has 0 aliphatic carbocycles. The molecule has 2 rings (SSSR count). The topological polar surface area (TPSA) is 66.5 Å². The van der Waals surface area contributed by atoms with Crippen molar-refractivity contribution in [3.63, 3.8) is 0 Å². The number of amides is 1. The third kappa shape index (κ3) is 5.31. The van der Waals surface area contributed by atoms with Gasteiger partial charge >= 0.3 is 0 Å². The second-order valence-electron chi connectivity index (χ2n) is 7.69. The number of hydrogen-bond donors (Lipinski definition) is 1. The van der Waals surface area contributed by atoms with Crippen LogP contribution >= 0.6 is 11.6 Å². The summed E-state index contributed by atoms with van der Waals surface area (Å²) in [5.74, 6) is -0.375. The zero-order valence-corrected chi connectivity index (χ0v) is 19.6. The fourth-order valence-corrected chi connectivity index (χ4v) is 4.85. The smallest absolute Gasteiger partial charge is 0.244 e. The van der Waals surface area contributed by atoms with Crippen molar-refractivity contribution in [2.75, 3.05) is 10.6 Å². The van der Waals surface area contributed by atoms with Gasteiger partial charge in [-0.1, -0.05) is 29.8 Å². The van der Waals surface area contributed by atoms with E-state index in [0.29, 0.717) is 10.7 Å². The van der Waals surface area contributed by atoms with Gasteiger partial charge in [0.25, 0.3) is 0 Å². The van der Waals surface area contributed by atoms with Crippen LogP contribution in [0.15, 0.2) is 30.3 Å². The maximum absolute atomic E-state index is 13.0. The van der Waals surface area contributed by atoms with Crippen molar-refractivity contribution in [2.24, 2.45) is 0 Å². The van der Waals surface area contributed by atoms with E-state index in [1.807, 2.05) is 20.8 Å². The Labute approximate surface area is 179 Å². The molecule has 1 amide bonds. The molecule has 0 aliphatic rings. The van der Waals surface area contributed by atoms with Crippen molar-refractivity contribution >= 4 is 33.2 Å². The lowest BCUT2D eigenvalue weighted by Gasteiger charge is -2.30. The van der Waals surface area contributed by atoms with Gasteiger partial charge in [-0.2, -0.15) is 0 Å². The molecule has 2 atom stereocenters. The Balaban J connectivity index is 2.35. The van der Waals surface area contributed by atoms with Crippen LogP contribution in [0.1, 0.15) is 47.7 Å². The van der Waals surface area contributed by atoms with Gasteiger partial charge in [-0.15, -0.1) is 0 Å². The first-order valence-electron chi connectivity index (χ1n) is 9.46. The fourth-order valence-electron chi connectivity index (χ4n) is 3.46. The molecule has 0 spiro atoms. The Morgan fingerprint density at radius 1 is 0.966 bits per heavy atom. The Bertz CT molecular complexity index is 1030. The molecular weight excluding hydrogens is 408 g/mol. The van der Waals surface area contributed by atoms with Crippen LogP contribution in [-0.2, 0) is 14.8 Å². The van der Waals surface area contributed by atoms with E-state index < -0.39 is 16.1 Å². The molecule has 0 fully saturated rings. The summed E-state index contributed by atoms with van der Waals surface area (Å²) in [6.45, 7) is 11.4. The predicted octanol–water partition coefficient (Wildman–Crippen LogP) is 4.61. The minimum atomic E-state index is -3.71. The molecule has 0 radical (unpaired) electrons. The highest BCUT2D eigenvalue weighted by Gasteiger charge is 2.31. The quantitative estimate of drug-likeness (QED) is 0.719. The number of carbonyl (C=O) groups is 1. The minimum absolute atomic E-state index is 0.258. The van der Waals surface area contributed by atoms with Crippen molar-refractivity contribution in [2.45, 2.75) is 53.6 Å². The Morgan fingerprint density at radius 3 is 2.14 bits per heavy atom. The van der Waals surface area contributed by atoms with E-state index in [2.05, 4.69) is 24.4 Å². The minimum Gasteiger partial charge on any atom is -0.348 e. The maximum Gasteiger partial charge on any atom is 0.244 e. The summed E-state index contributed by atoms with van der Waals surface area (Å²) in [5, 5.41) is 3.37. The van der Waals surface area contributed by atoms with E-state index in [1.54, 1.807) is 32.0 Å². The molecule has 0 saturated carbocycles. The number of aryl methyl sites for hydroxylation is 4. The van der Waals surface area contributed by atoms with Crippen LogP contribution < -0.4 is 9.62 Å². The summed E-state index contributed by atoms with van der Waals surface area (Å²) in [6, 6.07) is 7.96. The van der Waals surface area contributed by atoms with E-state index in [9.17, 15) is 13.2 Å². The zero-order valence-electron chi connectivity index (χ0n) is 18.0. The van der Waals surface area contributed by atoms with Crippen molar-refractivity contribution in [3.05, 3.63) is 63.2 Å². The molecule has 0 saturated heterocycles. The lowest BCUT2D eigenvalue weighted by molar-refractivity contribution is -0.122. The third-order valence-electron chi connectivity index (χ3n) is 5.20. The molecule has 5 nitrogen and oxygen atoms in total. The van der Waals surface area contributed by atoms with Crippen molar-refractivity contribution in [3.8, 4) is 0 Å². The van der Waals surface area contributed by atoms with Gasteiger partial charge in [-0.3, -0.25) is 9.10 Å². The van der Waals surface area contributed by atoms with E-state index in [4.69, 9.17) is 11.6 Å². The number of hydrogen-bond acceptors (Lipinski definition) is 3. The van der Waals surface area contributed by atoms with Gasteiger partial charge in [-0.25, -0.2) is 8.42 Å². The second-order valence-corrected chi connectivity index (χ2v) is 9.98. The summed E-state index contributed by atoms with van der Waals surface area (Å²) < 4.78 is 26.2. The van der Waals surface area contributed by atoms with Gasteiger partial charge in [0.15, 0.2) is 0 Å². The highest BCUT2D eigenvalue weighted by atomic mass is 35.5. The molecule has 29 heavy (non-hydrogen) atoms. The highest BCUT2D eigenvalue weighted by molar-refractivity contribution is 7.92. The van der Waals surface area contributed by atoms with Gasteiger partial charge in [-0.05, 0) is 81.5 Å². The Morgan fingerprint density at radius 2 is 1.55 bits per heavy atom. The number of carbonyl (C=O) groups excluding carboxylic acids is 1. The number of anilines is 1. The van der Waals surface area contributed by atoms with Gasteiger partial charge < -0.3 is 5.32 Å². The molecule has 0 aromatic heterocycles. The molecule has 158 valence electrons. The van der Waals surface area contributed by atoms with Crippen LogP contribution in [0.5, 0.6) is 0 Å². The fraction of sp³-hybridized carbons (Fsp3) is 0.409. The number of halogens is 1. The first kappa shape index (κ1) is 23.2. The summed E-state index contributed by atoms with van der Waals surface area (Å²) in [6.07, 6.45) is 1.09. The van der Waals surface area contributed by atoms with Crippen molar-refractivity contribution in [1.29, 1.82) is 0 Å². The number of nitrogens with one attached hydrogen (secondary N) is 1. The van der Waals surface area contributed by atoms with Gasteiger partial charge in [0.05, 0.1) is 18.0 Å². The van der Waals surface area contributed by atoms with E-state index >= 15 is 0 Å². The van der Waals surface area contributed by atoms with Gasteiger partial charge in [0.2, 0.25) is 15.9 Å². The van der Waals surface area contributed by atoms with Crippen LogP contribution in [0.2, 0.25) is 5.02 Å². The van der Waals surface area contributed by atoms with Gasteiger partial charge in [0.1, 0.15) is 6.04 Å². The van der Waals surface area contributed by atoms with E-state index in [-0.39, 0.29) is 11.9 Å². The monoisotopic (exact) mass is 436 g/mol. The SMILES string of the molecule is Cc1cc(C)c([C@@H](C)NC(=O)[C@@H](C)N(c2cc(Cl)ccc2C)S(C)(=O)=O)cc1C. The van der Waals surface area contributed by atoms with Crippen LogP contribution in [0, 0.1) is 27.7 Å².